The van der Waals surface area contributed by atoms with Gasteiger partial charge in [-0.3, -0.25) is 0 Å². The van der Waals surface area contributed by atoms with Crippen molar-refractivity contribution in [2.24, 2.45) is 0 Å². The summed E-state index contributed by atoms with van der Waals surface area (Å²) in [6.07, 6.45) is -1.78. The molecule has 0 aliphatic carbocycles. The van der Waals surface area contributed by atoms with Crippen LogP contribution in [0.5, 0.6) is 0 Å². The van der Waals surface area contributed by atoms with Gasteiger partial charge in [0, 0.05) is 13.5 Å². The first kappa shape index (κ1) is 8.93. The highest BCUT2D eigenvalue weighted by atomic mass is 16.6. The first-order valence-corrected chi connectivity index (χ1v) is 3.69. The SMILES string of the molecule is CO[C@H]1C[C@H](O)O[C@H](C)[C@@H]1O. The van der Waals surface area contributed by atoms with Crippen LogP contribution in [-0.2, 0) is 9.47 Å². The van der Waals surface area contributed by atoms with Crippen molar-refractivity contribution in [1.29, 1.82) is 0 Å². The van der Waals surface area contributed by atoms with Gasteiger partial charge in [-0.1, -0.05) is 0 Å². The Labute approximate surface area is 65.7 Å². The summed E-state index contributed by atoms with van der Waals surface area (Å²) in [6, 6.07) is 0. The van der Waals surface area contributed by atoms with E-state index in [1.165, 1.54) is 7.11 Å². The van der Waals surface area contributed by atoms with Gasteiger partial charge >= 0.3 is 0 Å². The molecule has 0 bridgehead atoms. The topological polar surface area (TPSA) is 58.9 Å². The third-order valence-electron chi connectivity index (χ3n) is 1.97. The summed E-state index contributed by atoms with van der Waals surface area (Å²) in [5, 5.41) is 18.5. The summed E-state index contributed by atoms with van der Waals surface area (Å²) in [7, 11) is 1.51. The van der Waals surface area contributed by atoms with E-state index in [9.17, 15) is 5.11 Å². The Morgan fingerprint density at radius 3 is 2.64 bits per heavy atom. The molecule has 0 aromatic carbocycles. The lowest BCUT2D eigenvalue weighted by molar-refractivity contribution is -0.231. The van der Waals surface area contributed by atoms with Crippen LogP contribution in [0.4, 0.5) is 0 Å². The molecule has 1 saturated heterocycles. The normalized spacial score (nSPS) is 45.8. The zero-order valence-corrected chi connectivity index (χ0v) is 6.73. The van der Waals surface area contributed by atoms with E-state index < -0.39 is 12.4 Å². The summed E-state index contributed by atoms with van der Waals surface area (Å²) in [6.45, 7) is 1.71. The number of hydrogen-bond acceptors (Lipinski definition) is 4. The molecule has 4 heteroatoms. The minimum atomic E-state index is -0.807. The lowest BCUT2D eigenvalue weighted by Gasteiger charge is -2.34. The standard InChI is InChI=1S/C7H14O4/c1-4-7(9)5(10-2)3-6(8)11-4/h4-9H,3H2,1-2H3/t4-,5+,6-,7+/m1/s1. The largest absolute Gasteiger partial charge is 0.388 e. The third-order valence-corrected chi connectivity index (χ3v) is 1.97. The van der Waals surface area contributed by atoms with Crippen LogP contribution in [0.1, 0.15) is 13.3 Å². The highest BCUT2D eigenvalue weighted by Crippen LogP contribution is 2.20. The number of aliphatic hydroxyl groups excluding tert-OH is 2. The maximum Gasteiger partial charge on any atom is 0.157 e. The lowest BCUT2D eigenvalue weighted by Crippen LogP contribution is -2.47. The first-order chi connectivity index (χ1) is 5.15. The number of methoxy groups -OCH3 is 1. The fraction of sp³-hybridized carbons (Fsp3) is 1.00. The van der Waals surface area contributed by atoms with Gasteiger partial charge in [-0.15, -0.1) is 0 Å². The molecule has 1 aliphatic rings. The molecule has 0 unspecified atom stereocenters. The van der Waals surface area contributed by atoms with Crippen molar-refractivity contribution in [1.82, 2.24) is 0 Å². The van der Waals surface area contributed by atoms with Crippen LogP contribution in [-0.4, -0.2) is 41.9 Å². The van der Waals surface area contributed by atoms with Gasteiger partial charge in [0.2, 0.25) is 0 Å². The van der Waals surface area contributed by atoms with E-state index in [1.807, 2.05) is 0 Å². The van der Waals surface area contributed by atoms with Crippen LogP contribution in [0.3, 0.4) is 0 Å². The van der Waals surface area contributed by atoms with Gasteiger partial charge in [0.15, 0.2) is 6.29 Å². The van der Waals surface area contributed by atoms with E-state index >= 15 is 0 Å². The van der Waals surface area contributed by atoms with Gasteiger partial charge in [-0.25, -0.2) is 0 Å². The zero-order valence-electron chi connectivity index (χ0n) is 6.73. The lowest BCUT2D eigenvalue weighted by atomic mass is 10.0. The minimum absolute atomic E-state index is 0.311. The monoisotopic (exact) mass is 162 g/mol. The van der Waals surface area contributed by atoms with Gasteiger partial charge in [0.05, 0.1) is 12.2 Å². The van der Waals surface area contributed by atoms with E-state index in [0.717, 1.165) is 0 Å². The van der Waals surface area contributed by atoms with Crippen molar-refractivity contribution in [3.63, 3.8) is 0 Å². The van der Waals surface area contributed by atoms with Gasteiger partial charge < -0.3 is 19.7 Å². The van der Waals surface area contributed by atoms with Crippen molar-refractivity contribution >= 4 is 0 Å². The van der Waals surface area contributed by atoms with Crippen LogP contribution in [0.25, 0.3) is 0 Å². The molecule has 0 saturated carbocycles. The summed E-state index contributed by atoms with van der Waals surface area (Å²) in [4.78, 5) is 0. The zero-order chi connectivity index (χ0) is 8.43. The van der Waals surface area contributed by atoms with E-state index in [2.05, 4.69) is 0 Å². The molecular weight excluding hydrogens is 148 g/mol. The molecule has 0 radical (unpaired) electrons. The van der Waals surface area contributed by atoms with E-state index in [4.69, 9.17) is 14.6 Å². The second-order valence-corrected chi connectivity index (χ2v) is 2.80. The third kappa shape index (κ3) is 1.90. The number of ether oxygens (including phenoxy) is 2. The van der Waals surface area contributed by atoms with Crippen LogP contribution >= 0.6 is 0 Å². The summed E-state index contributed by atoms with van der Waals surface area (Å²) in [5.74, 6) is 0. The molecule has 0 aromatic heterocycles. The number of rotatable bonds is 1. The minimum Gasteiger partial charge on any atom is -0.388 e. The van der Waals surface area contributed by atoms with E-state index in [0.29, 0.717) is 6.42 Å². The predicted octanol–water partition coefficient (Wildman–Crippen LogP) is -0.510. The average Bonchev–Trinajstić information content (AvgIpc) is 1.96. The second kappa shape index (κ2) is 3.49. The quantitative estimate of drug-likeness (QED) is 0.545. The fourth-order valence-corrected chi connectivity index (χ4v) is 1.26. The van der Waals surface area contributed by atoms with Crippen molar-refractivity contribution in [2.45, 2.75) is 37.9 Å². The molecule has 1 fully saturated rings. The molecule has 4 atom stereocenters. The average molecular weight is 162 g/mol. The number of aliphatic hydroxyl groups is 2. The van der Waals surface area contributed by atoms with Crippen molar-refractivity contribution in [3.8, 4) is 0 Å². The Bertz CT molecular complexity index is 128. The van der Waals surface area contributed by atoms with Crippen molar-refractivity contribution < 1.29 is 19.7 Å². The Balaban J connectivity index is 2.51. The van der Waals surface area contributed by atoms with Gasteiger partial charge in [0.25, 0.3) is 0 Å². The Morgan fingerprint density at radius 1 is 1.45 bits per heavy atom. The van der Waals surface area contributed by atoms with Crippen LogP contribution in [0.2, 0.25) is 0 Å². The molecule has 0 aromatic rings. The molecular formula is C7H14O4. The molecule has 0 spiro atoms. The Morgan fingerprint density at radius 2 is 2.09 bits per heavy atom. The molecule has 0 amide bonds. The van der Waals surface area contributed by atoms with Crippen LogP contribution in [0, 0.1) is 0 Å². The van der Waals surface area contributed by atoms with Crippen molar-refractivity contribution in [2.75, 3.05) is 7.11 Å². The molecule has 4 nitrogen and oxygen atoms in total. The maximum atomic E-state index is 9.39. The highest BCUT2D eigenvalue weighted by molar-refractivity contribution is 4.80. The number of hydrogen-bond donors (Lipinski definition) is 2. The molecule has 66 valence electrons. The first-order valence-electron chi connectivity index (χ1n) is 3.69. The Kier molecular flexibility index (Phi) is 2.84. The van der Waals surface area contributed by atoms with E-state index in [-0.39, 0.29) is 12.2 Å². The Hall–Kier alpha value is -0.160. The molecule has 1 aliphatic heterocycles. The summed E-state index contributed by atoms with van der Waals surface area (Å²) in [5.41, 5.74) is 0. The van der Waals surface area contributed by atoms with Gasteiger partial charge in [-0.05, 0) is 6.92 Å². The van der Waals surface area contributed by atoms with E-state index in [1.54, 1.807) is 6.92 Å². The summed E-state index contributed by atoms with van der Waals surface area (Å²) >= 11 is 0. The van der Waals surface area contributed by atoms with Crippen LogP contribution < -0.4 is 0 Å². The highest BCUT2D eigenvalue weighted by Gasteiger charge is 2.34. The predicted molar refractivity (Wildman–Crippen MR) is 38.0 cm³/mol. The summed E-state index contributed by atoms with van der Waals surface area (Å²) < 4.78 is 9.91. The molecule has 11 heavy (non-hydrogen) atoms. The molecule has 2 N–H and O–H groups in total. The smallest absolute Gasteiger partial charge is 0.157 e. The molecule has 1 heterocycles. The second-order valence-electron chi connectivity index (χ2n) is 2.80. The van der Waals surface area contributed by atoms with Crippen molar-refractivity contribution in [3.05, 3.63) is 0 Å². The molecule has 1 rings (SSSR count). The van der Waals surface area contributed by atoms with Gasteiger partial charge in [-0.2, -0.15) is 0 Å². The van der Waals surface area contributed by atoms with Crippen LogP contribution in [0.15, 0.2) is 0 Å². The fourth-order valence-electron chi connectivity index (χ4n) is 1.26. The van der Waals surface area contributed by atoms with Gasteiger partial charge in [0.1, 0.15) is 6.10 Å². The maximum absolute atomic E-state index is 9.39.